The van der Waals surface area contributed by atoms with Crippen molar-refractivity contribution in [1.29, 1.82) is 0 Å². The Hall–Kier alpha value is -0.670. The van der Waals surface area contributed by atoms with E-state index in [1.165, 1.54) is 5.56 Å². The summed E-state index contributed by atoms with van der Waals surface area (Å²) in [7, 11) is -4.03. The van der Waals surface area contributed by atoms with Crippen molar-refractivity contribution < 1.29 is 14.4 Å². The van der Waals surface area contributed by atoms with Gasteiger partial charge in [0.2, 0.25) is 0 Å². The number of rotatable bonds is 6. The smallest absolute Gasteiger partial charge is 0.313 e. The van der Waals surface area contributed by atoms with Crippen LogP contribution in [-0.2, 0) is 11.0 Å². The lowest BCUT2D eigenvalue weighted by Gasteiger charge is -2.05. The van der Waals surface area contributed by atoms with Crippen molar-refractivity contribution in [3.8, 4) is 0 Å². The number of aryl methyl sites for hydroxylation is 1. The van der Waals surface area contributed by atoms with Gasteiger partial charge in [0.05, 0.1) is 0 Å². The second kappa shape index (κ2) is 6.03. The zero-order valence-electron chi connectivity index (χ0n) is 8.47. The molecule has 0 bridgehead atoms. The average molecular weight is 229 g/mol. The molecular formula is C10H16NO3P. The number of nitrogens with one attached hydrogen (secondary N) is 1. The minimum absolute atomic E-state index is 0.358. The van der Waals surface area contributed by atoms with E-state index < -0.39 is 7.75 Å². The summed E-state index contributed by atoms with van der Waals surface area (Å²) in [6.45, 7) is 0.358. The van der Waals surface area contributed by atoms with Crippen LogP contribution in [0.3, 0.4) is 0 Å². The van der Waals surface area contributed by atoms with E-state index in [-0.39, 0.29) is 0 Å². The highest BCUT2D eigenvalue weighted by atomic mass is 31.2. The lowest BCUT2D eigenvalue weighted by molar-refractivity contribution is 0.356. The van der Waals surface area contributed by atoms with Crippen molar-refractivity contribution in [3.05, 3.63) is 35.9 Å². The van der Waals surface area contributed by atoms with Crippen LogP contribution in [0, 0.1) is 0 Å². The Balaban J connectivity index is 2.10. The third-order valence-corrected chi connectivity index (χ3v) is 2.69. The third kappa shape index (κ3) is 6.42. The standard InChI is InChI=1S/C10H16NO3P/c12-15(13,14)11-9-5-4-8-10-6-2-1-3-7-10/h1-3,6-7H,4-5,8-9H2,(H3,11,12,13,14). The van der Waals surface area contributed by atoms with Gasteiger partial charge in [0.1, 0.15) is 0 Å². The molecule has 15 heavy (non-hydrogen) atoms. The molecule has 1 aromatic carbocycles. The van der Waals surface area contributed by atoms with Gasteiger partial charge in [-0.1, -0.05) is 30.3 Å². The average Bonchev–Trinajstić information content (AvgIpc) is 2.17. The van der Waals surface area contributed by atoms with Gasteiger partial charge < -0.3 is 9.79 Å². The molecule has 5 heteroatoms. The maximum Gasteiger partial charge on any atom is 0.400 e. The van der Waals surface area contributed by atoms with Crippen LogP contribution in [0.2, 0.25) is 0 Å². The molecule has 1 aromatic rings. The van der Waals surface area contributed by atoms with E-state index in [1.807, 2.05) is 18.2 Å². The minimum Gasteiger partial charge on any atom is -0.313 e. The van der Waals surface area contributed by atoms with Crippen molar-refractivity contribution in [3.63, 3.8) is 0 Å². The fourth-order valence-electron chi connectivity index (χ4n) is 1.32. The minimum atomic E-state index is -4.03. The van der Waals surface area contributed by atoms with Gasteiger partial charge in [-0.2, -0.15) is 0 Å². The van der Waals surface area contributed by atoms with Gasteiger partial charge in [0.15, 0.2) is 0 Å². The molecule has 4 nitrogen and oxygen atoms in total. The van der Waals surface area contributed by atoms with Crippen LogP contribution in [-0.4, -0.2) is 16.3 Å². The molecule has 0 fully saturated rings. The summed E-state index contributed by atoms with van der Waals surface area (Å²) >= 11 is 0. The maximum absolute atomic E-state index is 10.4. The molecule has 0 amide bonds. The molecule has 0 spiro atoms. The van der Waals surface area contributed by atoms with Gasteiger partial charge in [0.25, 0.3) is 0 Å². The number of benzene rings is 1. The van der Waals surface area contributed by atoms with Gasteiger partial charge in [-0.05, 0) is 24.8 Å². The topological polar surface area (TPSA) is 69.6 Å². The molecule has 0 aliphatic carbocycles. The van der Waals surface area contributed by atoms with Crippen LogP contribution in [0.1, 0.15) is 18.4 Å². The van der Waals surface area contributed by atoms with Crippen LogP contribution in [0.4, 0.5) is 0 Å². The van der Waals surface area contributed by atoms with Crippen molar-refractivity contribution in [1.82, 2.24) is 5.09 Å². The summed E-state index contributed by atoms with van der Waals surface area (Å²) < 4.78 is 10.4. The molecule has 0 radical (unpaired) electrons. The fraction of sp³-hybridized carbons (Fsp3) is 0.400. The lowest BCUT2D eigenvalue weighted by Crippen LogP contribution is -2.11. The summed E-state index contributed by atoms with van der Waals surface area (Å²) in [5.41, 5.74) is 1.26. The van der Waals surface area contributed by atoms with E-state index in [4.69, 9.17) is 9.79 Å². The second-order valence-corrected chi connectivity index (χ2v) is 4.80. The molecule has 0 saturated carbocycles. The second-order valence-electron chi connectivity index (χ2n) is 3.39. The van der Waals surface area contributed by atoms with Crippen LogP contribution in [0.25, 0.3) is 0 Å². The Morgan fingerprint density at radius 3 is 2.40 bits per heavy atom. The first-order chi connectivity index (χ1) is 7.08. The molecule has 0 heterocycles. The Labute approximate surface area is 89.5 Å². The van der Waals surface area contributed by atoms with Crippen molar-refractivity contribution >= 4 is 7.75 Å². The Morgan fingerprint density at radius 2 is 1.80 bits per heavy atom. The van der Waals surface area contributed by atoms with E-state index in [9.17, 15) is 4.57 Å². The zero-order valence-corrected chi connectivity index (χ0v) is 9.36. The largest absolute Gasteiger partial charge is 0.400 e. The molecule has 0 aliphatic heterocycles. The van der Waals surface area contributed by atoms with Crippen molar-refractivity contribution in [2.75, 3.05) is 6.54 Å². The molecule has 84 valence electrons. The predicted octanol–water partition coefficient (Wildman–Crippen LogP) is 1.69. The Kier molecular flexibility index (Phi) is 4.99. The summed E-state index contributed by atoms with van der Waals surface area (Å²) in [5, 5.41) is 2.17. The van der Waals surface area contributed by atoms with Crippen molar-refractivity contribution in [2.24, 2.45) is 0 Å². The Bertz CT molecular complexity index is 323. The summed E-state index contributed by atoms with van der Waals surface area (Å²) in [5.74, 6) is 0. The van der Waals surface area contributed by atoms with E-state index in [1.54, 1.807) is 0 Å². The monoisotopic (exact) mass is 229 g/mol. The first-order valence-corrected chi connectivity index (χ1v) is 6.54. The van der Waals surface area contributed by atoms with Gasteiger partial charge in [0, 0.05) is 6.54 Å². The van der Waals surface area contributed by atoms with E-state index in [0.717, 1.165) is 19.3 Å². The van der Waals surface area contributed by atoms with Gasteiger partial charge in [-0.25, -0.2) is 9.65 Å². The quantitative estimate of drug-likeness (QED) is 0.513. The normalized spacial score (nSPS) is 11.6. The predicted molar refractivity (Wildman–Crippen MR) is 59.4 cm³/mol. The highest BCUT2D eigenvalue weighted by Crippen LogP contribution is 2.27. The maximum atomic E-state index is 10.4. The summed E-state index contributed by atoms with van der Waals surface area (Å²) in [6.07, 6.45) is 2.64. The molecule has 0 aromatic heterocycles. The van der Waals surface area contributed by atoms with Crippen LogP contribution < -0.4 is 5.09 Å². The first kappa shape index (κ1) is 12.4. The van der Waals surface area contributed by atoms with Gasteiger partial charge in [-0.15, -0.1) is 0 Å². The SMILES string of the molecule is O=P(O)(O)NCCCCc1ccccc1. The summed E-state index contributed by atoms with van der Waals surface area (Å²) in [6, 6.07) is 10.1. The molecule has 0 atom stereocenters. The lowest BCUT2D eigenvalue weighted by atomic mass is 10.1. The fourth-order valence-corrected chi connectivity index (χ4v) is 1.77. The molecule has 3 N–H and O–H groups in total. The van der Waals surface area contributed by atoms with Gasteiger partial charge in [-0.3, -0.25) is 0 Å². The van der Waals surface area contributed by atoms with Gasteiger partial charge >= 0.3 is 7.75 Å². The molecule has 0 unspecified atom stereocenters. The summed E-state index contributed by atoms with van der Waals surface area (Å²) in [4.78, 5) is 17.1. The van der Waals surface area contributed by atoms with E-state index in [0.29, 0.717) is 6.54 Å². The van der Waals surface area contributed by atoms with Crippen LogP contribution in [0.5, 0.6) is 0 Å². The molecule has 0 saturated heterocycles. The molecule has 0 aliphatic rings. The van der Waals surface area contributed by atoms with Crippen molar-refractivity contribution in [2.45, 2.75) is 19.3 Å². The Morgan fingerprint density at radius 1 is 1.13 bits per heavy atom. The number of hydrogen-bond acceptors (Lipinski definition) is 1. The highest BCUT2D eigenvalue weighted by molar-refractivity contribution is 7.49. The van der Waals surface area contributed by atoms with E-state index in [2.05, 4.69) is 17.2 Å². The first-order valence-electron chi connectivity index (χ1n) is 4.92. The highest BCUT2D eigenvalue weighted by Gasteiger charge is 2.09. The molecule has 1 rings (SSSR count). The third-order valence-electron chi connectivity index (χ3n) is 2.05. The van der Waals surface area contributed by atoms with Crippen LogP contribution in [0.15, 0.2) is 30.3 Å². The van der Waals surface area contributed by atoms with Crippen LogP contribution >= 0.6 is 7.75 Å². The number of unbranched alkanes of at least 4 members (excludes halogenated alkanes) is 1. The zero-order chi connectivity index (χ0) is 11.1. The number of hydrogen-bond donors (Lipinski definition) is 3. The molecular weight excluding hydrogens is 213 g/mol. The van der Waals surface area contributed by atoms with E-state index >= 15 is 0 Å².